The van der Waals surface area contributed by atoms with Crippen molar-refractivity contribution < 1.29 is 4.42 Å². The fraction of sp³-hybridized carbons (Fsp3) is 0.714. The molecule has 1 aromatic rings. The molecule has 0 amide bonds. The van der Waals surface area contributed by atoms with Crippen molar-refractivity contribution in [2.45, 2.75) is 44.6 Å². The van der Waals surface area contributed by atoms with Gasteiger partial charge in [0.15, 0.2) is 0 Å². The van der Waals surface area contributed by atoms with E-state index in [0.29, 0.717) is 0 Å². The number of hydrogen-bond acceptors (Lipinski definition) is 3. The Kier molecular flexibility index (Phi) is 4.24. The Morgan fingerprint density at radius 3 is 3.18 bits per heavy atom. The summed E-state index contributed by atoms with van der Waals surface area (Å²) >= 11 is 0. The van der Waals surface area contributed by atoms with Gasteiger partial charge in [-0.2, -0.15) is 0 Å². The largest absolute Gasteiger partial charge is 0.469 e. The van der Waals surface area contributed by atoms with E-state index in [1.807, 2.05) is 12.1 Å². The standard InChI is InChI=1S/C14H24N2O/c1-12-4-2-7-14(15,10-12)11-16-8-6-13-5-3-9-17-13/h3,5,9,12,16H,2,4,6-8,10-11,15H2,1H3. The fourth-order valence-corrected chi connectivity index (χ4v) is 2.87. The zero-order chi connectivity index (χ0) is 12.1. The Hall–Kier alpha value is -0.800. The maximum absolute atomic E-state index is 6.42. The number of furan rings is 1. The van der Waals surface area contributed by atoms with E-state index in [0.717, 1.165) is 44.0 Å². The van der Waals surface area contributed by atoms with Crippen LogP contribution in [0.25, 0.3) is 0 Å². The van der Waals surface area contributed by atoms with E-state index in [1.54, 1.807) is 6.26 Å². The van der Waals surface area contributed by atoms with Crippen molar-refractivity contribution in [1.82, 2.24) is 5.32 Å². The summed E-state index contributed by atoms with van der Waals surface area (Å²) in [6.07, 6.45) is 7.59. The lowest BCUT2D eigenvalue weighted by molar-refractivity contribution is 0.229. The van der Waals surface area contributed by atoms with Crippen molar-refractivity contribution in [3.8, 4) is 0 Å². The van der Waals surface area contributed by atoms with Crippen LogP contribution in [0, 0.1) is 5.92 Å². The maximum atomic E-state index is 6.42. The third-order valence-corrected chi connectivity index (χ3v) is 3.73. The Bertz CT molecular complexity index is 323. The predicted octanol–water partition coefficient (Wildman–Crippen LogP) is 2.32. The summed E-state index contributed by atoms with van der Waals surface area (Å²) in [6.45, 7) is 4.18. The molecule has 0 aromatic carbocycles. The Balaban J connectivity index is 1.67. The third kappa shape index (κ3) is 3.86. The molecule has 17 heavy (non-hydrogen) atoms. The highest BCUT2D eigenvalue weighted by molar-refractivity contribution is 4.98. The summed E-state index contributed by atoms with van der Waals surface area (Å²) in [5.41, 5.74) is 6.44. The Morgan fingerprint density at radius 1 is 1.59 bits per heavy atom. The van der Waals surface area contributed by atoms with E-state index < -0.39 is 0 Å². The van der Waals surface area contributed by atoms with Gasteiger partial charge >= 0.3 is 0 Å². The second kappa shape index (κ2) is 5.69. The zero-order valence-corrected chi connectivity index (χ0v) is 10.7. The molecule has 0 spiro atoms. The summed E-state index contributed by atoms with van der Waals surface area (Å²) in [6, 6.07) is 3.95. The molecule has 1 heterocycles. The first-order valence-corrected chi connectivity index (χ1v) is 6.70. The molecule has 2 unspecified atom stereocenters. The second-order valence-corrected chi connectivity index (χ2v) is 5.57. The van der Waals surface area contributed by atoms with Crippen LogP contribution in [0.5, 0.6) is 0 Å². The number of hydrogen-bond donors (Lipinski definition) is 2. The minimum absolute atomic E-state index is 0.0147. The molecule has 0 aliphatic heterocycles. The topological polar surface area (TPSA) is 51.2 Å². The van der Waals surface area contributed by atoms with Gasteiger partial charge in [0.2, 0.25) is 0 Å². The van der Waals surface area contributed by atoms with E-state index >= 15 is 0 Å². The summed E-state index contributed by atoms with van der Waals surface area (Å²) < 4.78 is 5.30. The van der Waals surface area contributed by atoms with E-state index in [1.165, 1.54) is 12.8 Å². The van der Waals surface area contributed by atoms with Crippen LogP contribution in [-0.2, 0) is 6.42 Å². The first-order valence-electron chi connectivity index (χ1n) is 6.70. The van der Waals surface area contributed by atoms with Crippen LogP contribution in [0.15, 0.2) is 22.8 Å². The quantitative estimate of drug-likeness (QED) is 0.771. The molecule has 1 fully saturated rings. The Labute approximate surface area is 104 Å². The average molecular weight is 236 g/mol. The van der Waals surface area contributed by atoms with Crippen LogP contribution in [-0.4, -0.2) is 18.6 Å². The van der Waals surface area contributed by atoms with Crippen LogP contribution in [0.1, 0.15) is 38.4 Å². The van der Waals surface area contributed by atoms with Crippen molar-refractivity contribution in [1.29, 1.82) is 0 Å². The van der Waals surface area contributed by atoms with E-state index in [4.69, 9.17) is 10.2 Å². The molecular weight excluding hydrogens is 212 g/mol. The van der Waals surface area contributed by atoms with Crippen molar-refractivity contribution in [3.05, 3.63) is 24.2 Å². The summed E-state index contributed by atoms with van der Waals surface area (Å²) in [5.74, 6) is 1.82. The lowest BCUT2D eigenvalue weighted by Gasteiger charge is -2.37. The lowest BCUT2D eigenvalue weighted by Crippen LogP contribution is -2.51. The number of rotatable bonds is 5. The van der Waals surface area contributed by atoms with Gasteiger partial charge in [0.25, 0.3) is 0 Å². The third-order valence-electron chi connectivity index (χ3n) is 3.73. The van der Waals surface area contributed by atoms with Gasteiger partial charge in [0.05, 0.1) is 6.26 Å². The molecule has 3 nitrogen and oxygen atoms in total. The number of nitrogens with two attached hydrogens (primary N) is 1. The van der Waals surface area contributed by atoms with Gasteiger partial charge in [0, 0.05) is 25.0 Å². The van der Waals surface area contributed by atoms with E-state index in [-0.39, 0.29) is 5.54 Å². The molecule has 1 aliphatic carbocycles. The van der Waals surface area contributed by atoms with Crippen molar-refractivity contribution in [2.24, 2.45) is 11.7 Å². The molecule has 1 aromatic heterocycles. The normalized spacial score (nSPS) is 29.4. The van der Waals surface area contributed by atoms with Crippen LogP contribution in [0.4, 0.5) is 0 Å². The molecule has 3 N–H and O–H groups in total. The smallest absolute Gasteiger partial charge is 0.105 e. The SMILES string of the molecule is CC1CCCC(N)(CNCCc2ccco2)C1. The van der Waals surface area contributed by atoms with Crippen LogP contribution in [0.2, 0.25) is 0 Å². The lowest BCUT2D eigenvalue weighted by atomic mass is 9.77. The number of nitrogens with one attached hydrogen (secondary N) is 1. The van der Waals surface area contributed by atoms with Gasteiger partial charge in [-0.25, -0.2) is 0 Å². The van der Waals surface area contributed by atoms with Crippen LogP contribution < -0.4 is 11.1 Å². The monoisotopic (exact) mass is 236 g/mol. The first-order chi connectivity index (χ1) is 8.18. The van der Waals surface area contributed by atoms with Crippen molar-refractivity contribution in [3.63, 3.8) is 0 Å². The van der Waals surface area contributed by atoms with Crippen molar-refractivity contribution in [2.75, 3.05) is 13.1 Å². The highest BCUT2D eigenvalue weighted by atomic mass is 16.3. The molecule has 1 saturated carbocycles. The van der Waals surface area contributed by atoms with Crippen LogP contribution >= 0.6 is 0 Å². The van der Waals surface area contributed by atoms with Crippen molar-refractivity contribution >= 4 is 0 Å². The molecule has 3 heteroatoms. The van der Waals surface area contributed by atoms with Crippen LogP contribution in [0.3, 0.4) is 0 Å². The summed E-state index contributed by atoms with van der Waals surface area (Å²) in [7, 11) is 0. The highest BCUT2D eigenvalue weighted by Gasteiger charge is 2.30. The first kappa shape index (κ1) is 12.7. The van der Waals surface area contributed by atoms with Gasteiger partial charge in [-0.05, 0) is 30.9 Å². The molecule has 2 atom stereocenters. The molecular formula is C14H24N2O. The minimum Gasteiger partial charge on any atom is -0.469 e. The van der Waals surface area contributed by atoms with E-state index in [2.05, 4.69) is 12.2 Å². The maximum Gasteiger partial charge on any atom is 0.105 e. The molecule has 0 saturated heterocycles. The molecule has 1 aliphatic rings. The molecule has 2 rings (SSSR count). The summed E-state index contributed by atoms with van der Waals surface area (Å²) in [5, 5.41) is 3.47. The zero-order valence-electron chi connectivity index (χ0n) is 10.7. The molecule has 0 radical (unpaired) electrons. The fourth-order valence-electron chi connectivity index (χ4n) is 2.87. The Morgan fingerprint density at radius 2 is 2.47 bits per heavy atom. The predicted molar refractivity (Wildman–Crippen MR) is 69.8 cm³/mol. The molecule has 0 bridgehead atoms. The van der Waals surface area contributed by atoms with E-state index in [9.17, 15) is 0 Å². The van der Waals surface area contributed by atoms with Gasteiger partial charge in [-0.3, -0.25) is 0 Å². The highest BCUT2D eigenvalue weighted by Crippen LogP contribution is 2.29. The van der Waals surface area contributed by atoms with Gasteiger partial charge in [-0.1, -0.05) is 19.8 Å². The van der Waals surface area contributed by atoms with Gasteiger partial charge in [-0.15, -0.1) is 0 Å². The second-order valence-electron chi connectivity index (χ2n) is 5.57. The summed E-state index contributed by atoms with van der Waals surface area (Å²) in [4.78, 5) is 0. The average Bonchev–Trinajstić information content (AvgIpc) is 2.77. The molecule has 96 valence electrons. The minimum atomic E-state index is 0.0147. The van der Waals surface area contributed by atoms with Gasteiger partial charge < -0.3 is 15.5 Å². The van der Waals surface area contributed by atoms with Gasteiger partial charge in [0.1, 0.15) is 5.76 Å².